The van der Waals surface area contributed by atoms with Crippen LogP contribution in [0.3, 0.4) is 0 Å². The van der Waals surface area contributed by atoms with Gasteiger partial charge >= 0.3 is 0 Å². The Labute approximate surface area is 91.1 Å². The summed E-state index contributed by atoms with van der Waals surface area (Å²) < 4.78 is 0. The van der Waals surface area contributed by atoms with Crippen molar-refractivity contribution in [1.82, 2.24) is 0 Å². The number of phenols is 1. The molecule has 1 saturated carbocycles. The molecular formula is C13H19NO. The van der Waals surface area contributed by atoms with E-state index in [-0.39, 0.29) is 6.04 Å². The van der Waals surface area contributed by atoms with Crippen molar-refractivity contribution in [2.75, 3.05) is 0 Å². The Morgan fingerprint density at radius 2 is 1.87 bits per heavy atom. The Morgan fingerprint density at radius 1 is 1.27 bits per heavy atom. The molecule has 1 atom stereocenters. The molecule has 2 heteroatoms. The van der Waals surface area contributed by atoms with E-state index in [1.807, 2.05) is 26.8 Å². The third-order valence-electron chi connectivity index (χ3n) is 3.59. The topological polar surface area (TPSA) is 46.2 Å². The molecule has 0 heterocycles. The maximum Gasteiger partial charge on any atom is 0.121 e. The molecule has 0 amide bonds. The predicted molar refractivity (Wildman–Crippen MR) is 62.0 cm³/mol. The number of rotatable bonds is 2. The van der Waals surface area contributed by atoms with E-state index < -0.39 is 0 Å². The summed E-state index contributed by atoms with van der Waals surface area (Å²) in [7, 11) is 0. The van der Waals surface area contributed by atoms with Gasteiger partial charge in [-0.05, 0) is 61.8 Å². The zero-order chi connectivity index (χ0) is 11.2. The Morgan fingerprint density at radius 3 is 2.40 bits per heavy atom. The van der Waals surface area contributed by atoms with Crippen LogP contribution in [0.2, 0.25) is 0 Å². The van der Waals surface area contributed by atoms with Crippen molar-refractivity contribution in [3.8, 4) is 5.75 Å². The first kappa shape index (κ1) is 10.5. The summed E-state index contributed by atoms with van der Waals surface area (Å²) in [5.74, 6) is 1.08. The van der Waals surface area contributed by atoms with Gasteiger partial charge in [-0.2, -0.15) is 0 Å². The SMILES string of the molecule is Cc1cc(C(N)C2CC2)c(C)c(C)c1O. The van der Waals surface area contributed by atoms with Crippen LogP contribution >= 0.6 is 0 Å². The van der Waals surface area contributed by atoms with Crippen LogP contribution in [0.15, 0.2) is 6.07 Å². The molecule has 1 aromatic rings. The van der Waals surface area contributed by atoms with Crippen molar-refractivity contribution in [1.29, 1.82) is 0 Å². The van der Waals surface area contributed by atoms with E-state index in [2.05, 4.69) is 0 Å². The van der Waals surface area contributed by atoms with Gasteiger partial charge in [0.05, 0.1) is 0 Å². The fourth-order valence-corrected chi connectivity index (χ4v) is 2.16. The van der Waals surface area contributed by atoms with Crippen LogP contribution in [-0.4, -0.2) is 5.11 Å². The summed E-state index contributed by atoms with van der Waals surface area (Å²) >= 11 is 0. The number of hydrogen-bond donors (Lipinski definition) is 2. The lowest BCUT2D eigenvalue weighted by atomic mass is 9.92. The Hall–Kier alpha value is -1.02. The van der Waals surface area contributed by atoms with Crippen LogP contribution in [0.1, 0.15) is 41.1 Å². The Bertz CT molecular complexity index is 394. The van der Waals surface area contributed by atoms with E-state index in [9.17, 15) is 5.11 Å². The zero-order valence-electron chi connectivity index (χ0n) is 9.67. The molecule has 0 radical (unpaired) electrons. The molecule has 3 N–H and O–H groups in total. The summed E-state index contributed by atoms with van der Waals surface area (Å²) in [5.41, 5.74) is 10.5. The van der Waals surface area contributed by atoms with Crippen molar-refractivity contribution in [2.45, 2.75) is 39.7 Å². The molecule has 1 aliphatic rings. The number of benzene rings is 1. The molecule has 1 unspecified atom stereocenters. The molecule has 1 aliphatic carbocycles. The maximum atomic E-state index is 9.81. The van der Waals surface area contributed by atoms with Crippen LogP contribution in [0, 0.1) is 26.7 Å². The van der Waals surface area contributed by atoms with E-state index in [1.54, 1.807) is 0 Å². The smallest absolute Gasteiger partial charge is 0.121 e. The highest BCUT2D eigenvalue weighted by Crippen LogP contribution is 2.42. The third kappa shape index (κ3) is 1.74. The monoisotopic (exact) mass is 205 g/mol. The van der Waals surface area contributed by atoms with Gasteiger partial charge in [-0.3, -0.25) is 0 Å². The normalized spacial score (nSPS) is 17.9. The second-order valence-corrected chi connectivity index (χ2v) is 4.74. The van der Waals surface area contributed by atoms with Crippen molar-refractivity contribution in [3.05, 3.63) is 28.3 Å². The zero-order valence-corrected chi connectivity index (χ0v) is 9.67. The lowest BCUT2D eigenvalue weighted by molar-refractivity contribution is 0.465. The second kappa shape index (κ2) is 3.53. The van der Waals surface area contributed by atoms with Gasteiger partial charge < -0.3 is 10.8 Å². The van der Waals surface area contributed by atoms with Crippen LogP contribution in [0.4, 0.5) is 0 Å². The molecule has 0 aromatic heterocycles. The number of aryl methyl sites for hydroxylation is 1. The molecule has 0 spiro atoms. The predicted octanol–water partition coefficient (Wildman–Crippen LogP) is 2.73. The minimum Gasteiger partial charge on any atom is -0.507 e. The van der Waals surface area contributed by atoms with Gasteiger partial charge in [-0.25, -0.2) is 0 Å². The average molecular weight is 205 g/mol. The van der Waals surface area contributed by atoms with Gasteiger partial charge in [0.1, 0.15) is 5.75 Å². The molecule has 0 bridgehead atoms. The van der Waals surface area contributed by atoms with Crippen molar-refractivity contribution in [2.24, 2.45) is 11.7 Å². The second-order valence-electron chi connectivity index (χ2n) is 4.74. The van der Waals surface area contributed by atoms with E-state index in [0.29, 0.717) is 11.7 Å². The molecule has 82 valence electrons. The minimum absolute atomic E-state index is 0.156. The highest BCUT2D eigenvalue weighted by Gasteiger charge is 2.31. The standard InChI is InChI=1S/C13H19NO/c1-7-6-11(12(14)10-4-5-10)8(2)9(3)13(7)15/h6,10,12,15H,4-5,14H2,1-3H3. The third-order valence-corrected chi connectivity index (χ3v) is 3.59. The molecule has 2 rings (SSSR count). The summed E-state index contributed by atoms with van der Waals surface area (Å²) in [6.07, 6.45) is 2.50. The largest absolute Gasteiger partial charge is 0.507 e. The van der Waals surface area contributed by atoms with Gasteiger partial charge in [0.2, 0.25) is 0 Å². The van der Waals surface area contributed by atoms with Gasteiger partial charge in [-0.1, -0.05) is 6.07 Å². The van der Waals surface area contributed by atoms with Crippen molar-refractivity contribution >= 4 is 0 Å². The number of aromatic hydroxyl groups is 1. The van der Waals surface area contributed by atoms with Gasteiger partial charge in [0, 0.05) is 6.04 Å². The van der Waals surface area contributed by atoms with E-state index in [0.717, 1.165) is 16.7 Å². The molecule has 0 saturated heterocycles. The Kier molecular flexibility index (Phi) is 2.47. The summed E-state index contributed by atoms with van der Waals surface area (Å²) in [6.45, 7) is 5.94. The van der Waals surface area contributed by atoms with E-state index in [4.69, 9.17) is 5.73 Å². The number of hydrogen-bond acceptors (Lipinski definition) is 2. The number of phenolic OH excluding ortho intramolecular Hbond substituents is 1. The van der Waals surface area contributed by atoms with Gasteiger partial charge in [0.25, 0.3) is 0 Å². The van der Waals surface area contributed by atoms with E-state index >= 15 is 0 Å². The Balaban J connectivity index is 2.46. The minimum atomic E-state index is 0.156. The first-order valence-electron chi connectivity index (χ1n) is 5.57. The first-order chi connectivity index (χ1) is 7.02. The lowest BCUT2D eigenvalue weighted by Gasteiger charge is -2.18. The lowest BCUT2D eigenvalue weighted by Crippen LogP contribution is -2.14. The van der Waals surface area contributed by atoms with Crippen molar-refractivity contribution < 1.29 is 5.11 Å². The van der Waals surface area contributed by atoms with Gasteiger partial charge in [0.15, 0.2) is 0 Å². The van der Waals surface area contributed by atoms with Gasteiger partial charge in [-0.15, -0.1) is 0 Å². The first-order valence-corrected chi connectivity index (χ1v) is 5.57. The average Bonchev–Trinajstić information content (AvgIpc) is 3.03. The fraction of sp³-hybridized carbons (Fsp3) is 0.538. The molecule has 1 fully saturated rings. The highest BCUT2D eigenvalue weighted by atomic mass is 16.3. The van der Waals surface area contributed by atoms with Crippen molar-refractivity contribution in [3.63, 3.8) is 0 Å². The molecular weight excluding hydrogens is 186 g/mol. The summed E-state index contributed by atoms with van der Waals surface area (Å²) in [6, 6.07) is 2.20. The molecule has 2 nitrogen and oxygen atoms in total. The van der Waals surface area contributed by atoms with E-state index in [1.165, 1.54) is 18.4 Å². The van der Waals surface area contributed by atoms with Crippen LogP contribution in [0.25, 0.3) is 0 Å². The summed E-state index contributed by atoms with van der Waals surface area (Å²) in [4.78, 5) is 0. The molecule has 1 aromatic carbocycles. The maximum absolute atomic E-state index is 9.81. The number of nitrogens with two attached hydrogens (primary N) is 1. The molecule has 15 heavy (non-hydrogen) atoms. The fourth-order valence-electron chi connectivity index (χ4n) is 2.16. The van der Waals surface area contributed by atoms with Crippen LogP contribution < -0.4 is 5.73 Å². The highest BCUT2D eigenvalue weighted by molar-refractivity contribution is 5.49. The summed E-state index contributed by atoms with van der Waals surface area (Å²) in [5, 5.41) is 9.81. The van der Waals surface area contributed by atoms with Crippen LogP contribution in [-0.2, 0) is 0 Å². The molecule has 0 aliphatic heterocycles. The quantitative estimate of drug-likeness (QED) is 0.779. The van der Waals surface area contributed by atoms with Crippen LogP contribution in [0.5, 0.6) is 5.75 Å².